The van der Waals surface area contributed by atoms with Crippen LogP contribution in [0.15, 0.2) is 54.6 Å². The molecule has 0 atom stereocenters. The average molecular weight is 776 g/mol. The van der Waals surface area contributed by atoms with Gasteiger partial charge in [-0.25, -0.2) is 57.1 Å². The Kier molecular flexibility index (Phi) is 8.53. The zero-order valence-electron chi connectivity index (χ0n) is 25.6. The van der Waals surface area contributed by atoms with Crippen molar-refractivity contribution in [2.45, 2.75) is 5.92 Å². The molecule has 0 amide bonds. The third kappa shape index (κ3) is 5.00. The predicted octanol–water partition coefficient (Wildman–Crippen LogP) is 10.4. The molecule has 0 fully saturated rings. The molecule has 0 bridgehead atoms. The summed E-state index contributed by atoms with van der Waals surface area (Å²) in [6, 6.07) is 11.7. The molecule has 0 saturated carbocycles. The number of fused-ring (bicyclic) bond motifs is 4. The summed E-state index contributed by atoms with van der Waals surface area (Å²) in [5, 5.41) is -4.35. The first kappa shape index (κ1) is 36.5. The zero-order valence-corrected chi connectivity index (χ0v) is 25.6. The fourth-order valence-electron chi connectivity index (χ4n) is 6.11. The maximum atomic E-state index is 16.2. The Morgan fingerprint density at radius 2 is 0.870 bits per heavy atom. The van der Waals surface area contributed by atoms with E-state index in [0.29, 0.717) is 0 Å². The second-order valence-electron chi connectivity index (χ2n) is 11.4. The van der Waals surface area contributed by atoms with Crippen LogP contribution in [0.3, 0.4) is 0 Å². The van der Waals surface area contributed by atoms with Gasteiger partial charge >= 0.3 is 13.0 Å². The highest BCUT2D eigenvalue weighted by molar-refractivity contribution is 6.64. The van der Waals surface area contributed by atoms with Crippen LogP contribution in [0.25, 0.3) is 33.0 Å². The molecule has 2 nitrogen and oxygen atoms in total. The average Bonchev–Trinajstić information content (AvgIpc) is 3.40. The molecule has 7 rings (SSSR count). The lowest BCUT2D eigenvalue weighted by Gasteiger charge is -2.25. The molecular weight excluding hydrogens is 767 g/mol. The van der Waals surface area contributed by atoms with Gasteiger partial charge in [0.1, 0.15) is 5.75 Å². The number of benzene rings is 6. The van der Waals surface area contributed by atoms with E-state index in [4.69, 9.17) is 9.31 Å². The summed E-state index contributed by atoms with van der Waals surface area (Å²) < 4.78 is 252. The van der Waals surface area contributed by atoms with Gasteiger partial charge in [-0.3, -0.25) is 0 Å². The monoisotopic (exact) mass is 776 g/mol. The molecule has 6 aromatic rings. The molecule has 54 heavy (non-hydrogen) atoms. The van der Waals surface area contributed by atoms with Crippen LogP contribution in [0.5, 0.6) is 11.5 Å². The van der Waals surface area contributed by atoms with E-state index in [1.165, 1.54) is 42.5 Å². The van der Waals surface area contributed by atoms with E-state index in [0.717, 1.165) is 12.1 Å². The van der Waals surface area contributed by atoms with E-state index in [1.54, 1.807) is 0 Å². The molecule has 1 aliphatic carbocycles. The maximum absolute atomic E-state index is 16.2. The topological polar surface area (TPSA) is 18.5 Å². The number of halogens is 16. The molecule has 0 heterocycles. The van der Waals surface area contributed by atoms with Gasteiger partial charge in [0.15, 0.2) is 81.4 Å². The summed E-state index contributed by atoms with van der Waals surface area (Å²) in [7, 11) is -3.46. The Labute approximate surface area is 289 Å². The van der Waals surface area contributed by atoms with Crippen LogP contribution in [0.4, 0.5) is 70.2 Å². The predicted molar refractivity (Wildman–Crippen MR) is 157 cm³/mol. The van der Waals surface area contributed by atoms with Crippen LogP contribution in [0.1, 0.15) is 11.1 Å². The van der Waals surface area contributed by atoms with Gasteiger partial charge in [0.25, 0.3) is 0 Å². The SMILES string of the molecule is Fc1c(F)c(F)c2c(c1F)-c1c(F)c(F)c(F)c(B(Oc3ccccc3-c3ccccc3)Oc3c(F)c(F)c(F)c4c(F)c(F)c(F)c(F)c34)c1C2(F)F. The minimum Gasteiger partial charge on any atom is -0.521 e. The van der Waals surface area contributed by atoms with Crippen molar-refractivity contribution in [3.63, 3.8) is 0 Å². The Hall–Kier alpha value is -5.88. The van der Waals surface area contributed by atoms with Crippen molar-refractivity contribution in [2.75, 3.05) is 0 Å². The Morgan fingerprint density at radius 3 is 1.48 bits per heavy atom. The zero-order chi connectivity index (χ0) is 39.3. The van der Waals surface area contributed by atoms with E-state index in [-0.39, 0.29) is 11.1 Å². The van der Waals surface area contributed by atoms with Gasteiger partial charge in [0, 0.05) is 22.3 Å². The summed E-state index contributed by atoms with van der Waals surface area (Å²) in [4.78, 5) is 0. The van der Waals surface area contributed by atoms with Gasteiger partial charge in [-0.05, 0) is 11.6 Å². The largest absolute Gasteiger partial charge is 0.636 e. The first-order valence-corrected chi connectivity index (χ1v) is 14.7. The summed E-state index contributed by atoms with van der Waals surface area (Å²) in [6.45, 7) is 0. The molecule has 0 aromatic heterocycles. The second kappa shape index (κ2) is 12.6. The maximum Gasteiger partial charge on any atom is 0.636 e. The Balaban J connectivity index is 1.60. The van der Waals surface area contributed by atoms with Crippen LogP contribution >= 0.6 is 0 Å². The van der Waals surface area contributed by atoms with Gasteiger partial charge in [-0.2, -0.15) is 13.2 Å². The molecule has 0 radical (unpaired) electrons. The van der Waals surface area contributed by atoms with Crippen molar-refractivity contribution >= 4 is 23.4 Å². The summed E-state index contributed by atoms with van der Waals surface area (Å²) in [5.41, 5.74) is -11.5. The number of rotatable bonds is 6. The number of alkyl halides is 2. The Bertz CT molecular complexity index is 2590. The highest BCUT2D eigenvalue weighted by Gasteiger charge is 2.57. The summed E-state index contributed by atoms with van der Waals surface area (Å²) in [6.07, 6.45) is 0. The normalized spacial score (nSPS) is 13.0. The molecule has 6 aromatic carbocycles. The highest BCUT2D eigenvalue weighted by Crippen LogP contribution is 2.55. The first-order chi connectivity index (χ1) is 25.4. The molecule has 0 aliphatic heterocycles. The van der Waals surface area contributed by atoms with E-state index in [9.17, 15) is 35.1 Å². The molecule has 0 saturated heterocycles. The highest BCUT2D eigenvalue weighted by atomic mass is 19.3. The molecule has 0 N–H and O–H groups in total. The summed E-state index contributed by atoms with van der Waals surface area (Å²) in [5.74, 6) is -47.4. The van der Waals surface area contributed by atoms with Crippen molar-refractivity contribution in [3.05, 3.63) is 147 Å². The van der Waals surface area contributed by atoms with Gasteiger partial charge < -0.3 is 9.31 Å². The fourth-order valence-corrected chi connectivity index (χ4v) is 6.11. The molecule has 276 valence electrons. The van der Waals surface area contributed by atoms with Crippen molar-refractivity contribution in [3.8, 4) is 33.8 Å². The van der Waals surface area contributed by atoms with Gasteiger partial charge in [-0.1, -0.05) is 48.5 Å². The number of para-hydroxylation sites is 1. The van der Waals surface area contributed by atoms with Crippen LogP contribution in [0, 0.1) is 81.4 Å². The Morgan fingerprint density at radius 1 is 0.407 bits per heavy atom. The molecular formula is C35H9BF16O2. The van der Waals surface area contributed by atoms with Crippen molar-refractivity contribution in [2.24, 2.45) is 0 Å². The van der Waals surface area contributed by atoms with Gasteiger partial charge in [0.2, 0.25) is 5.82 Å². The third-order valence-electron chi connectivity index (χ3n) is 8.47. The summed E-state index contributed by atoms with van der Waals surface area (Å²) >= 11 is 0. The van der Waals surface area contributed by atoms with E-state index >= 15 is 35.1 Å². The molecule has 0 spiro atoms. The lowest BCUT2D eigenvalue weighted by molar-refractivity contribution is 0.0433. The lowest BCUT2D eigenvalue weighted by atomic mass is 9.72. The standard InChI is InChI=1S/C35H9BF16O2/c37-20-13-14-18(25(42)32(49)28(45)21(14)38)35(51,52)17(13)19(26(43)27(20)44)36(53-12-9-5-4-8-11(12)10-6-2-1-3-7-10)54-34-16-15(23(40)31(48)33(34)50)22(39)29(46)30(47)24(16)41/h1-9H. The van der Waals surface area contributed by atoms with E-state index < -0.39 is 144 Å². The van der Waals surface area contributed by atoms with Crippen molar-refractivity contribution in [1.29, 1.82) is 0 Å². The van der Waals surface area contributed by atoms with Gasteiger partial charge in [-0.15, -0.1) is 0 Å². The fraction of sp³-hybridized carbons (Fsp3) is 0.0286. The van der Waals surface area contributed by atoms with Crippen LogP contribution in [-0.4, -0.2) is 7.12 Å². The minimum atomic E-state index is -5.43. The van der Waals surface area contributed by atoms with E-state index in [1.807, 2.05) is 0 Å². The van der Waals surface area contributed by atoms with Crippen LogP contribution in [0.2, 0.25) is 0 Å². The quantitative estimate of drug-likeness (QED) is 0.0726. The molecule has 19 heteroatoms. The molecule has 0 unspecified atom stereocenters. The smallest absolute Gasteiger partial charge is 0.521 e. The number of hydrogen-bond acceptors (Lipinski definition) is 2. The van der Waals surface area contributed by atoms with Crippen LogP contribution in [-0.2, 0) is 5.92 Å². The minimum absolute atomic E-state index is 0.122. The first-order valence-electron chi connectivity index (χ1n) is 14.7. The molecule has 1 aliphatic rings. The van der Waals surface area contributed by atoms with E-state index in [2.05, 4.69) is 0 Å². The van der Waals surface area contributed by atoms with Crippen molar-refractivity contribution < 1.29 is 79.6 Å². The lowest BCUT2D eigenvalue weighted by Crippen LogP contribution is -2.49. The van der Waals surface area contributed by atoms with Crippen molar-refractivity contribution in [1.82, 2.24) is 0 Å². The number of hydrogen-bond donors (Lipinski definition) is 0. The van der Waals surface area contributed by atoms with Gasteiger partial charge in [0.05, 0.1) is 21.8 Å². The second-order valence-corrected chi connectivity index (χ2v) is 11.4. The van der Waals surface area contributed by atoms with Crippen LogP contribution < -0.4 is 14.8 Å². The third-order valence-corrected chi connectivity index (χ3v) is 8.47.